The average molecular weight is 302 g/mol. The highest BCUT2D eigenvalue weighted by Gasteiger charge is 2.20. The van der Waals surface area contributed by atoms with E-state index in [2.05, 4.69) is 36.5 Å². The number of methoxy groups -OCH3 is 1. The molecule has 1 aliphatic carbocycles. The van der Waals surface area contributed by atoms with Crippen LogP contribution in [0, 0.1) is 6.92 Å². The molecule has 0 heterocycles. The van der Waals surface area contributed by atoms with Crippen molar-refractivity contribution in [1.29, 1.82) is 0 Å². The molecule has 3 heteroatoms. The first-order valence-electron chi connectivity index (χ1n) is 7.34. The minimum atomic E-state index is 0.715. The zero-order valence-electron chi connectivity index (χ0n) is 12.4. The van der Waals surface area contributed by atoms with E-state index < -0.39 is 0 Å². The van der Waals surface area contributed by atoms with Crippen molar-refractivity contribution < 1.29 is 4.74 Å². The van der Waals surface area contributed by atoms with Gasteiger partial charge in [0, 0.05) is 23.2 Å². The van der Waals surface area contributed by atoms with Gasteiger partial charge in [0.15, 0.2) is 0 Å². The summed E-state index contributed by atoms with van der Waals surface area (Å²) in [5.74, 6) is 0.873. The Morgan fingerprint density at radius 2 is 1.90 bits per heavy atom. The van der Waals surface area contributed by atoms with Crippen molar-refractivity contribution in [2.24, 2.45) is 0 Å². The number of halogens is 1. The Kier molecular flexibility index (Phi) is 4.18. The summed E-state index contributed by atoms with van der Waals surface area (Å²) in [5.41, 5.74) is 4.64. The van der Waals surface area contributed by atoms with Crippen LogP contribution in [0.3, 0.4) is 0 Å². The van der Waals surface area contributed by atoms with Gasteiger partial charge in [-0.15, -0.1) is 0 Å². The van der Waals surface area contributed by atoms with E-state index in [1.165, 1.54) is 24.0 Å². The van der Waals surface area contributed by atoms with Gasteiger partial charge in [-0.25, -0.2) is 0 Å². The van der Waals surface area contributed by atoms with Gasteiger partial charge in [0.25, 0.3) is 0 Å². The maximum absolute atomic E-state index is 6.48. The van der Waals surface area contributed by atoms with Gasteiger partial charge in [-0.1, -0.05) is 29.8 Å². The molecule has 0 spiro atoms. The molecule has 3 rings (SSSR count). The van der Waals surface area contributed by atoms with E-state index in [1.807, 2.05) is 12.1 Å². The Morgan fingerprint density at radius 1 is 1.14 bits per heavy atom. The molecule has 0 atom stereocenters. The Balaban J connectivity index is 1.84. The van der Waals surface area contributed by atoms with E-state index in [4.69, 9.17) is 16.3 Å². The minimum Gasteiger partial charge on any atom is -0.497 e. The van der Waals surface area contributed by atoms with Gasteiger partial charge >= 0.3 is 0 Å². The van der Waals surface area contributed by atoms with Crippen LogP contribution in [0.15, 0.2) is 36.4 Å². The van der Waals surface area contributed by atoms with E-state index in [0.717, 1.165) is 28.4 Å². The van der Waals surface area contributed by atoms with Crippen LogP contribution in [-0.4, -0.2) is 13.2 Å². The standard InChI is InChI=1S/C18H20ClNO/c1-12-9-15(21-2)6-8-16(12)17-7-3-13(10-18(17)19)11-20-14-4-5-14/h3,6-10,14,20H,4-5,11H2,1-2H3. The van der Waals surface area contributed by atoms with Gasteiger partial charge in [0.05, 0.1) is 7.11 Å². The van der Waals surface area contributed by atoms with Gasteiger partial charge in [-0.2, -0.15) is 0 Å². The molecule has 0 aliphatic heterocycles. The van der Waals surface area contributed by atoms with Gasteiger partial charge in [-0.3, -0.25) is 0 Å². The Morgan fingerprint density at radius 3 is 2.52 bits per heavy atom. The first-order chi connectivity index (χ1) is 10.2. The van der Waals surface area contributed by atoms with Crippen molar-refractivity contribution in [3.05, 3.63) is 52.5 Å². The third-order valence-electron chi connectivity index (χ3n) is 3.93. The minimum absolute atomic E-state index is 0.715. The molecule has 0 amide bonds. The molecule has 2 nitrogen and oxygen atoms in total. The second kappa shape index (κ2) is 6.08. The van der Waals surface area contributed by atoms with Gasteiger partial charge in [0.1, 0.15) is 5.75 Å². The maximum Gasteiger partial charge on any atom is 0.119 e. The molecule has 0 unspecified atom stereocenters. The highest BCUT2D eigenvalue weighted by Crippen LogP contribution is 2.33. The first-order valence-corrected chi connectivity index (χ1v) is 7.72. The Labute approximate surface area is 131 Å². The van der Waals surface area contributed by atoms with Crippen LogP contribution in [0.25, 0.3) is 11.1 Å². The molecule has 0 bridgehead atoms. The summed E-state index contributed by atoms with van der Waals surface area (Å²) in [6, 6.07) is 13.1. The lowest BCUT2D eigenvalue weighted by Crippen LogP contribution is -2.15. The van der Waals surface area contributed by atoms with Gasteiger partial charge in [-0.05, 0) is 54.7 Å². The number of nitrogens with one attached hydrogen (secondary N) is 1. The zero-order valence-corrected chi connectivity index (χ0v) is 13.2. The fraction of sp³-hybridized carbons (Fsp3) is 0.333. The number of rotatable bonds is 5. The predicted molar refractivity (Wildman–Crippen MR) is 88.0 cm³/mol. The molecule has 2 aromatic carbocycles. The third-order valence-corrected chi connectivity index (χ3v) is 4.24. The van der Waals surface area contributed by atoms with E-state index in [0.29, 0.717) is 6.04 Å². The van der Waals surface area contributed by atoms with Crippen LogP contribution >= 0.6 is 11.6 Å². The van der Waals surface area contributed by atoms with E-state index in [1.54, 1.807) is 7.11 Å². The highest BCUT2D eigenvalue weighted by atomic mass is 35.5. The SMILES string of the molecule is COc1ccc(-c2ccc(CNC3CC3)cc2Cl)c(C)c1. The smallest absolute Gasteiger partial charge is 0.119 e. The molecular formula is C18H20ClNO. The number of aryl methyl sites for hydroxylation is 1. The fourth-order valence-corrected chi connectivity index (χ4v) is 2.81. The first kappa shape index (κ1) is 14.4. The van der Waals surface area contributed by atoms with Crippen LogP contribution in [0.4, 0.5) is 0 Å². The topological polar surface area (TPSA) is 21.3 Å². The number of benzene rings is 2. The lowest BCUT2D eigenvalue weighted by atomic mass is 9.99. The predicted octanol–water partition coefficient (Wildman–Crippen LogP) is 4.58. The normalized spacial score (nSPS) is 14.2. The van der Waals surface area contributed by atoms with Crippen LogP contribution in [-0.2, 0) is 6.54 Å². The van der Waals surface area contributed by atoms with Crippen molar-refractivity contribution in [2.75, 3.05) is 7.11 Å². The quantitative estimate of drug-likeness (QED) is 0.873. The van der Waals surface area contributed by atoms with Crippen LogP contribution < -0.4 is 10.1 Å². The van der Waals surface area contributed by atoms with Crippen LogP contribution in [0.5, 0.6) is 5.75 Å². The molecule has 110 valence electrons. The highest BCUT2D eigenvalue weighted by molar-refractivity contribution is 6.33. The number of hydrogen-bond donors (Lipinski definition) is 1. The summed E-state index contributed by atoms with van der Waals surface area (Å²) in [7, 11) is 1.68. The van der Waals surface area contributed by atoms with Gasteiger partial charge in [0.2, 0.25) is 0 Å². The van der Waals surface area contributed by atoms with Crippen LogP contribution in [0.1, 0.15) is 24.0 Å². The Bertz CT molecular complexity index is 650. The molecule has 0 aromatic heterocycles. The summed E-state index contributed by atoms with van der Waals surface area (Å²) in [5, 5.41) is 4.31. The van der Waals surface area contributed by atoms with Crippen LogP contribution in [0.2, 0.25) is 5.02 Å². The molecule has 1 saturated carbocycles. The molecule has 1 aliphatic rings. The van der Waals surface area contributed by atoms with Crippen molar-refractivity contribution >= 4 is 11.6 Å². The zero-order chi connectivity index (χ0) is 14.8. The summed E-state index contributed by atoms with van der Waals surface area (Å²) < 4.78 is 5.25. The molecule has 21 heavy (non-hydrogen) atoms. The Hall–Kier alpha value is -1.51. The molecule has 0 saturated heterocycles. The van der Waals surface area contributed by atoms with E-state index in [9.17, 15) is 0 Å². The van der Waals surface area contributed by atoms with Gasteiger partial charge < -0.3 is 10.1 Å². The molecule has 0 radical (unpaired) electrons. The maximum atomic E-state index is 6.48. The fourth-order valence-electron chi connectivity index (χ4n) is 2.50. The second-order valence-corrected chi connectivity index (χ2v) is 6.06. The van der Waals surface area contributed by atoms with Crippen molar-refractivity contribution in [3.8, 4) is 16.9 Å². The second-order valence-electron chi connectivity index (χ2n) is 5.65. The lowest BCUT2D eigenvalue weighted by Gasteiger charge is -2.12. The average Bonchev–Trinajstić information content (AvgIpc) is 3.30. The molecule has 2 aromatic rings. The number of ether oxygens (including phenoxy) is 1. The summed E-state index contributed by atoms with van der Waals surface area (Å²) in [4.78, 5) is 0. The molecule has 1 fully saturated rings. The summed E-state index contributed by atoms with van der Waals surface area (Å²) in [6.07, 6.45) is 2.60. The largest absolute Gasteiger partial charge is 0.497 e. The van der Waals surface area contributed by atoms with Crippen molar-refractivity contribution in [2.45, 2.75) is 32.4 Å². The third kappa shape index (κ3) is 3.39. The van der Waals surface area contributed by atoms with E-state index >= 15 is 0 Å². The lowest BCUT2D eigenvalue weighted by molar-refractivity contribution is 0.414. The van der Waals surface area contributed by atoms with Crippen molar-refractivity contribution in [1.82, 2.24) is 5.32 Å². The van der Waals surface area contributed by atoms with Crippen molar-refractivity contribution in [3.63, 3.8) is 0 Å². The summed E-state index contributed by atoms with van der Waals surface area (Å²) in [6.45, 7) is 2.98. The number of hydrogen-bond acceptors (Lipinski definition) is 2. The molecular weight excluding hydrogens is 282 g/mol. The summed E-state index contributed by atoms with van der Waals surface area (Å²) >= 11 is 6.48. The monoisotopic (exact) mass is 301 g/mol. The molecule has 1 N–H and O–H groups in total. The van der Waals surface area contributed by atoms with E-state index in [-0.39, 0.29) is 0 Å².